The van der Waals surface area contributed by atoms with Crippen molar-refractivity contribution in [3.63, 3.8) is 0 Å². The van der Waals surface area contributed by atoms with Crippen LogP contribution in [0, 0.1) is 39.5 Å². The van der Waals surface area contributed by atoms with Crippen LogP contribution in [0.25, 0.3) is 23.8 Å². The topological polar surface area (TPSA) is 210 Å². The van der Waals surface area contributed by atoms with E-state index >= 15 is 4.79 Å². The van der Waals surface area contributed by atoms with E-state index in [-0.39, 0.29) is 49.2 Å². The number of nitrogens with one attached hydrogen (secondary N) is 5. The lowest BCUT2D eigenvalue weighted by Gasteiger charge is -2.25. The fourth-order valence-corrected chi connectivity index (χ4v) is 7.99. The van der Waals surface area contributed by atoms with Gasteiger partial charge in [0, 0.05) is 46.0 Å². The number of carboxylic acids is 2. The molecule has 1 amide bonds. The van der Waals surface area contributed by atoms with E-state index in [4.69, 9.17) is 5.73 Å². The molecule has 4 aromatic rings. The minimum Gasteiger partial charge on any atom is -0.481 e. The second-order valence-electron chi connectivity index (χ2n) is 15.8. The number of carboxylic acid groups (broad SMARTS) is 2. The van der Waals surface area contributed by atoms with Gasteiger partial charge in [-0.3, -0.25) is 19.2 Å². The summed E-state index contributed by atoms with van der Waals surface area (Å²) in [6.07, 6.45) is 7.70. The Balaban J connectivity index is 1.96. The lowest BCUT2D eigenvalue weighted by molar-refractivity contribution is -0.138. The minimum atomic E-state index is -0.908. The van der Waals surface area contributed by atoms with E-state index in [0.29, 0.717) is 29.5 Å². The summed E-state index contributed by atoms with van der Waals surface area (Å²) in [6, 6.07) is -1.66. The smallest absolute Gasteiger partial charge is 0.303 e. The van der Waals surface area contributed by atoms with Crippen LogP contribution in [0.4, 0.5) is 0 Å². The summed E-state index contributed by atoms with van der Waals surface area (Å²) in [5.74, 6) is -2.83. The second kappa shape index (κ2) is 16.8. The largest absolute Gasteiger partial charge is 0.481 e. The number of rotatable bonds is 14. The van der Waals surface area contributed by atoms with Crippen LogP contribution in [0.15, 0.2) is 0 Å². The van der Waals surface area contributed by atoms with Crippen LogP contribution >= 0.6 is 0 Å². The molecule has 1 aliphatic heterocycles. The van der Waals surface area contributed by atoms with Crippen molar-refractivity contribution in [3.8, 4) is 0 Å². The average molecular weight is 767 g/mol. The van der Waals surface area contributed by atoms with E-state index in [1.165, 1.54) is 0 Å². The van der Waals surface area contributed by atoms with Crippen molar-refractivity contribution in [2.75, 3.05) is 0 Å². The SMILES string of the molecule is CCc1c2[nH]c(c1C)C(C(=O)[C@@H](NC(=O)[C@@H](N)C(C)C)C(C)C)=c1[nH]c(c(C)c1CC)=Cc1[nH]c(c(CCC(=O)O)c1C)C=c1[nH]c(c(C)c1CCC(=O)O)=C2. The number of H-pyrrole nitrogens is 4. The van der Waals surface area contributed by atoms with E-state index < -0.39 is 24.0 Å². The third-order valence-electron chi connectivity index (χ3n) is 11.5. The van der Waals surface area contributed by atoms with Gasteiger partial charge >= 0.3 is 11.9 Å². The number of ketones is 1. The number of hydrogen-bond acceptors (Lipinski definition) is 5. The van der Waals surface area contributed by atoms with Gasteiger partial charge in [-0.05, 0) is 128 Å². The summed E-state index contributed by atoms with van der Waals surface area (Å²) < 4.78 is 0. The molecule has 56 heavy (non-hydrogen) atoms. The number of hydrogen-bond donors (Lipinski definition) is 8. The van der Waals surface area contributed by atoms with Crippen LogP contribution in [0.3, 0.4) is 0 Å². The number of aliphatic carboxylic acids is 2. The molecule has 0 saturated carbocycles. The molecule has 12 nitrogen and oxygen atoms in total. The Kier molecular flexibility index (Phi) is 12.5. The zero-order valence-corrected chi connectivity index (χ0v) is 34.4. The summed E-state index contributed by atoms with van der Waals surface area (Å²) in [6.45, 7) is 19.7. The maximum absolute atomic E-state index is 15.2. The van der Waals surface area contributed by atoms with Crippen LogP contribution in [0.5, 0.6) is 0 Å². The van der Waals surface area contributed by atoms with Crippen LogP contribution in [0.2, 0.25) is 0 Å². The third kappa shape index (κ3) is 8.11. The molecule has 300 valence electrons. The lowest BCUT2D eigenvalue weighted by atomic mass is 9.89. The van der Waals surface area contributed by atoms with E-state index in [1.54, 1.807) is 0 Å². The van der Waals surface area contributed by atoms with Gasteiger partial charge in [-0.1, -0.05) is 41.5 Å². The van der Waals surface area contributed by atoms with Crippen molar-refractivity contribution in [2.45, 2.75) is 120 Å². The first-order valence-corrected chi connectivity index (χ1v) is 19.7. The predicted octanol–water partition coefficient (Wildman–Crippen LogP) is 3.08. The fraction of sp³-hybridized carbons (Fsp3) is 0.455. The van der Waals surface area contributed by atoms with Crippen LogP contribution < -0.4 is 32.4 Å². The third-order valence-corrected chi connectivity index (χ3v) is 11.5. The Labute approximate surface area is 327 Å². The molecule has 2 atom stereocenters. The van der Waals surface area contributed by atoms with Gasteiger partial charge in [0.2, 0.25) is 5.91 Å². The van der Waals surface area contributed by atoms with Crippen molar-refractivity contribution in [1.29, 1.82) is 0 Å². The number of carbonyl (C=O) groups excluding carboxylic acids is 2. The summed E-state index contributed by atoms with van der Waals surface area (Å²) in [5, 5.41) is 25.3. The quantitative estimate of drug-likeness (QED) is 0.0961. The highest BCUT2D eigenvalue weighted by Gasteiger charge is 2.33. The summed E-state index contributed by atoms with van der Waals surface area (Å²) in [5.41, 5.74) is 17.0. The molecule has 5 heterocycles. The molecule has 0 aliphatic carbocycles. The van der Waals surface area contributed by atoms with Crippen LogP contribution in [-0.2, 0) is 44.9 Å². The number of Topliss-reactive ketones (excluding diaryl/α,β-unsaturated/α-hetero) is 1. The standard InChI is InChI=1S/C44H58N6O6/c1-11-26-25(10)41-38(43(55)40(21(5)6)50-44(56)39(45)20(3)4)42-27(12-2)22(7)32(48-42)17-30-23(8)28(13-15-36(51)52)34(46-30)19-35-29(14-16-37(53)54)24(9)31(47-35)18-33(26)49-41/h17-21,39-40,46-49H,11-16,45H2,1-10H3,(H,50,56)(H,51,52)(H,53,54)/t39-,40-/m0/s1. The molecule has 0 radical (unpaired) electrons. The Morgan fingerprint density at radius 3 is 1.75 bits per heavy atom. The van der Waals surface area contributed by atoms with E-state index in [9.17, 15) is 24.6 Å². The van der Waals surface area contributed by atoms with Gasteiger partial charge in [-0.15, -0.1) is 0 Å². The van der Waals surface area contributed by atoms with Gasteiger partial charge in [0.15, 0.2) is 5.78 Å². The molecule has 5 rings (SSSR count). The first-order chi connectivity index (χ1) is 26.4. The monoisotopic (exact) mass is 766 g/mol. The first-order valence-electron chi connectivity index (χ1n) is 19.7. The normalized spacial score (nSPS) is 13.6. The van der Waals surface area contributed by atoms with Gasteiger partial charge in [-0.25, -0.2) is 0 Å². The van der Waals surface area contributed by atoms with Gasteiger partial charge in [0.1, 0.15) is 0 Å². The van der Waals surface area contributed by atoms with E-state index in [2.05, 4.69) is 39.1 Å². The zero-order chi connectivity index (χ0) is 41.3. The zero-order valence-electron chi connectivity index (χ0n) is 34.4. The van der Waals surface area contributed by atoms with Crippen molar-refractivity contribution in [2.24, 2.45) is 17.6 Å². The maximum Gasteiger partial charge on any atom is 0.303 e. The first kappa shape index (κ1) is 41.8. The molecule has 0 spiro atoms. The molecular weight excluding hydrogens is 709 g/mol. The second-order valence-corrected chi connectivity index (χ2v) is 15.8. The van der Waals surface area contributed by atoms with E-state index in [1.807, 2.05) is 73.6 Å². The number of amides is 1. The summed E-state index contributed by atoms with van der Waals surface area (Å²) in [7, 11) is 0. The Bertz CT molecular complexity index is 2450. The van der Waals surface area contributed by atoms with Crippen LogP contribution in [0.1, 0.15) is 122 Å². The number of aromatic nitrogens is 4. The molecule has 0 aromatic carbocycles. The van der Waals surface area contributed by atoms with Crippen molar-refractivity contribution >= 4 is 47.4 Å². The van der Waals surface area contributed by atoms with Crippen molar-refractivity contribution in [1.82, 2.24) is 25.3 Å². The van der Waals surface area contributed by atoms with Crippen LogP contribution in [-0.4, -0.2) is 65.9 Å². The number of carbonyl (C=O) groups is 4. The van der Waals surface area contributed by atoms with E-state index in [0.717, 1.165) is 77.6 Å². The fourth-order valence-electron chi connectivity index (χ4n) is 7.99. The Morgan fingerprint density at radius 2 is 1.18 bits per heavy atom. The molecule has 9 N–H and O–H groups in total. The van der Waals surface area contributed by atoms with Gasteiger partial charge in [0.25, 0.3) is 0 Å². The van der Waals surface area contributed by atoms with Gasteiger partial charge in [0.05, 0.1) is 28.7 Å². The van der Waals surface area contributed by atoms with Crippen molar-refractivity contribution < 1.29 is 29.4 Å². The molecule has 0 unspecified atom stereocenters. The molecule has 0 fully saturated rings. The highest BCUT2D eigenvalue weighted by Crippen LogP contribution is 2.28. The molecule has 1 aliphatic rings. The highest BCUT2D eigenvalue weighted by atomic mass is 16.4. The number of fused-ring (bicyclic) bond motifs is 8. The minimum absolute atomic E-state index is 0.0658. The van der Waals surface area contributed by atoms with Crippen molar-refractivity contribution in [3.05, 3.63) is 88.7 Å². The highest BCUT2D eigenvalue weighted by molar-refractivity contribution is 6.23. The number of nitrogens with two attached hydrogens (primary N) is 1. The molecule has 0 saturated heterocycles. The Hall–Kier alpha value is -5.36. The molecular formula is C44H58N6O6. The Morgan fingerprint density at radius 1 is 0.643 bits per heavy atom. The predicted molar refractivity (Wildman–Crippen MR) is 219 cm³/mol. The lowest BCUT2D eigenvalue weighted by Crippen LogP contribution is -2.52. The molecule has 8 bridgehead atoms. The summed E-state index contributed by atoms with van der Waals surface area (Å²) >= 11 is 0. The van der Waals surface area contributed by atoms with Gasteiger partial charge < -0.3 is 41.2 Å². The number of aromatic amines is 4. The average Bonchev–Trinajstić information content (AvgIpc) is 3.80. The molecule has 12 heteroatoms. The van der Waals surface area contributed by atoms with Gasteiger partial charge in [-0.2, -0.15) is 0 Å². The summed E-state index contributed by atoms with van der Waals surface area (Å²) in [4.78, 5) is 66.7. The molecule has 4 aromatic heterocycles. The maximum atomic E-state index is 15.2.